The third-order valence-corrected chi connectivity index (χ3v) is 3.65. The summed E-state index contributed by atoms with van der Waals surface area (Å²) >= 11 is 3.24. The van der Waals surface area contributed by atoms with E-state index in [0.29, 0.717) is 23.2 Å². The first-order chi connectivity index (χ1) is 8.61. The number of anilines is 1. The Morgan fingerprint density at radius 2 is 2.11 bits per heavy atom. The molecule has 2 rings (SSSR count). The second-order valence-electron chi connectivity index (χ2n) is 4.28. The summed E-state index contributed by atoms with van der Waals surface area (Å²) in [7, 11) is 0. The molecule has 5 nitrogen and oxygen atoms in total. The zero-order valence-corrected chi connectivity index (χ0v) is 11.3. The highest BCUT2D eigenvalue weighted by Crippen LogP contribution is 2.33. The highest BCUT2D eigenvalue weighted by atomic mass is 79.9. The smallest absolute Gasteiger partial charge is 0.293 e. The molecule has 94 valence electrons. The van der Waals surface area contributed by atoms with E-state index in [2.05, 4.69) is 22.0 Å². The van der Waals surface area contributed by atoms with Gasteiger partial charge in [-0.25, -0.2) is 0 Å². The molecule has 1 fully saturated rings. The monoisotopic (exact) mass is 309 g/mol. The van der Waals surface area contributed by atoms with E-state index in [0.717, 1.165) is 12.8 Å². The second kappa shape index (κ2) is 5.36. The van der Waals surface area contributed by atoms with E-state index in [-0.39, 0.29) is 16.5 Å². The van der Waals surface area contributed by atoms with Crippen molar-refractivity contribution in [3.8, 4) is 6.07 Å². The van der Waals surface area contributed by atoms with Crippen LogP contribution < -0.4 is 4.90 Å². The molecule has 18 heavy (non-hydrogen) atoms. The van der Waals surface area contributed by atoms with E-state index in [9.17, 15) is 10.1 Å². The summed E-state index contributed by atoms with van der Waals surface area (Å²) < 4.78 is 0.699. The van der Waals surface area contributed by atoms with Gasteiger partial charge in [0.25, 0.3) is 5.69 Å². The molecule has 0 bridgehead atoms. The minimum atomic E-state index is -0.365. The molecule has 1 aliphatic rings. The van der Waals surface area contributed by atoms with Crippen LogP contribution in [0.4, 0.5) is 11.4 Å². The molecule has 0 spiro atoms. The number of hydrogen-bond acceptors (Lipinski definition) is 4. The standard InChI is InChI=1S/C12H12BrN3O2/c13-10-1-2-11(12(7-10)16(17)18)15-5-3-9(8-14)4-6-15/h1-2,7,9H,3-6H2. The summed E-state index contributed by atoms with van der Waals surface area (Å²) in [6, 6.07) is 7.34. The molecule has 0 saturated carbocycles. The fourth-order valence-electron chi connectivity index (χ4n) is 2.16. The maximum Gasteiger partial charge on any atom is 0.293 e. The van der Waals surface area contributed by atoms with E-state index in [1.165, 1.54) is 6.07 Å². The first-order valence-electron chi connectivity index (χ1n) is 5.70. The Morgan fingerprint density at radius 3 is 2.67 bits per heavy atom. The van der Waals surface area contributed by atoms with Gasteiger partial charge < -0.3 is 4.90 Å². The molecule has 0 N–H and O–H groups in total. The number of nitriles is 1. The van der Waals surface area contributed by atoms with Gasteiger partial charge in [0.05, 0.1) is 11.0 Å². The summed E-state index contributed by atoms with van der Waals surface area (Å²) in [5, 5.41) is 19.9. The van der Waals surface area contributed by atoms with Crippen LogP contribution in [0.2, 0.25) is 0 Å². The highest BCUT2D eigenvalue weighted by Gasteiger charge is 2.24. The van der Waals surface area contributed by atoms with E-state index in [4.69, 9.17) is 5.26 Å². The predicted octanol–water partition coefficient (Wildman–Crippen LogP) is 3.10. The molecule has 1 aromatic carbocycles. The normalized spacial score (nSPS) is 16.3. The largest absolute Gasteiger partial charge is 0.366 e. The minimum Gasteiger partial charge on any atom is -0.366 e. The number of nitro groups is 1. The third-order valence-electron chi connectivity index (χ3n) is 3.15. The summed E-state index contributed by atoms with van der Waals surface area (Å²) in [6.45, 7) is 1.39. The molecule has 1 aromatic rings. The molecule has 1 heterocycles. The molecule has 0 unspecified atom stereocenters. The number of halogens is 1. The first-order valence-corrected chi connectivity index (χ1v) is 6.49. The molecule has 0 aromatic heterocycles. The number of nitro benzene ring substituents is 1. The topological polar surface area (TPSA) is 70.2 Å². The van der Waals surface area contributed by atoms with Gasteiger partial charge in [-0.3, -0.25) is 10.1 Å². The Hall–Kier alpha value is -1.61. The van der Waals surface area contributed by atoms with Gasteiger partial charge in [0.1, 0.15) is 5.69 Å². The summed E-state index contributed by atoms with van der Waals surface area (Å²) in [6.07, 6.45) is 1.54. The van der Waals surface area contributed by atoms with E-state index in [1.54, 1.807) is 12.1 Å². The van der Waals surface area contributed by atoms with E-state index >= 15 is 0 Å². The molecular weight excluding hydrogens is 298 g/mol. The fourth-order valence-corrected chi connectivity index (χ4v) is 2.51. The Balaban J connectivity index is 2.24. The summed E-state index contributed by atoms with van der Waals surface area (Å²) in [5.74, 6) is 0.0794. The van der Waals surface area contributed by atoms with Gasteiger partial charge in [0, 0.05) is 29.5 Å². The Labute approximate surface area is 113 Å². The first kappa shape index (κ1) is 12.8. The molecule has 0 radical (unpaired) electrons. The van der Waals surface area contributed by atoms with Crippen molar-refractivity contribution >= 4 is 27.3 Å². The Bertz CT molecular complexity index is 505. The average Bonchev–Trinajstić information content (AvgIpc) is 2.39. The van der Waals surface area contributed by atoms with Crippen molar-refractivity contribution in [2.75, 3.05) is 18.0 Å². The number of benzene rings is 1. The Morgan fingerprint density at radius 1 is 1.44 bits per heavy atom. The Kier molecular flexibility index (Phi) is 3.82. The van der Waals surface area contributed by atoms with Gasteiger partial charge in [-0.1, -0.05) is 15.9 Å². The number of nitrogens with zero attached hydrogens (tertiary/aromatic N) is 3. The van der Waals surface area contributed by atoms with Crippen molar-refractivity contribution in [2.45, 2.75) is 12.8 Å². The number of rotatable bonds is 2. The SMILES string of the molecule is N#CC1CCN(c2ccc(Br)cc2[N+](=O)[O-])CC1. The van der Waals surface area contributed by atoms with E-state index < -0.39 is 0 Å². The third kappa shape index (κ3) is 2.62. The molecule has 0 aliphatic carbocycles. The van der Waals surface area contributed by atoms with Crippen molar-refractivity contribution in [2.24, 2.45) is 5.92 Å². The van der Waals surface area contributed by atoms with Gasteiger partial charge in [-0.2, -0.15) is 5.26 Å². The predicted molar refractivity (Wildman–Crippen MR) is 71.3 cm³/mol. The fraction of sp³-hybridized carbons (Fsp3) is 0.417. The van der Waals surface area contributed by atoms with Gasteiger partial charge in [0.15, 0.2) is 0 Å². The lowest BCUT2D eigenvalue weighted by atomic mass is 9.98. The van der Waals surface area contributed by atoms with Crippen LogP contribution in [0.5, 0.6) is 0 Å². The maximum absolute atomic E-state index is 11.0. The highest BCUT2D eigenvalue weighted by molar-refractivity contribution is 9.10. The van der Waals surface area contributed by atoms with Gasteiger partial charge in [-0.05, 0) is 25.0 Å². The van der Waals surface area contributed by atoms with Crippen molar-refractivity contribution in [3.63, 3.8) is 0 Å². The molecular formula is C12H12BrN3O2. The van der Waals surface area contributed by atoms with Crippen LogP contribution in [0, 0.1) is 27.4 Å². The lowest BCUT2D eigenvalue weighted by Crippen LogP contribution is -2.33. The van der Waals surface area contributed by atoms with Crippen LogP contribution in [-0.4, -0.2) is 18.0 Å². The van der Waals surface area contributed by atoms with Crippen LogP contribution in [0.15, 0.2) is 22.7 Å². The van der Waals surface area contributed by atoms with Crippen molar-refractivity contribution in [1.82, 2.24) is 0 Å². The molecule has 0 amide bonds. The minimum absolute atomic E-state index is 0.0794. The maximum atomic E-state index is 11.0. The second-order valence-corrected chi connectivity index (χ2v) is 5.20. The average molecular weight is 310 g/mol. The lowest BCUT2D eigenvalue weighted by Gasteiger charge is -2.30. The number of piperidine rings is 1. The van der Waals surface area contributed by atoms with E-state index in [1.807, 2.05) is 4.90 Å². The quantitative estimate of drug-likeness (QED) is 0.621. The van der Waals surface area contributed by atoms with Crippen LogP contribution in [-0.2, 0) is 0 Å². The van der Waals surface area contributed by atoms with Gasteiger partial charge in [-0.15, -0.1) is 0 Å². The van der Waals surface area contributed by atoms with Crippen molar-refractivity contribution in [1.29, 1.82) is 5.26 Å². The van der Waals surface area contributed by atoms with Crippen molar-refractivity contribution < 1.29 is 4.92 Å². The molecule has 6 heteroatoms. The molecule has 1 aliphatic heterocycles. The van der Waals surface area contributed by atoms with Gasteiger partial charge in [0.2, 0.25) is 0 Å². The summed E-state index contributed by atoms with van der Waals surface area (Å²) in [4.78, 5) is 12.7. The number of hydrogen-bond donors (Lipinski definition) is 0. The van der Waals surface area contributed by atoms with Gasteiger partial charge >= 0.3 is 0 Å². The zero-order chi connectivity index (χ0) is 13.1. The van der Waals surface area contributed by atoms with Crippen LogP contribution in [0.1, 0.15) is 12.8 Å². The van der Waals surface area contributed by atoms with Crippen LogP contribution in [0.25, 0.3) is 0 Å². The lowest BCUT2D eigenvalue weighted by molar-refractivity contribution is -0.384. The van der Waals surface area contributed by atoms with Crippen LogP contribution >= 0.6 is 15.9 Å². The summed E-state index contributed by atoms with van der Waals surface area (Å²) in [5.41, 5.74) is 0.749. The zero-order valence-electron chi connectivity index (χ0n) is 9.67. The van der Waals surface area contributed by atoms with Crippen molar-refractivity contribution in [3.05, 3.63) is 32.8 Å². The molecule has 1 saturated heterocycles. The van der Waals surface area contributed by atoms with Crippen LogP contribution in [0.3, 0.4) is 0 Å². The molecule has 0 atom stereocenters.